The molecule has 0 radical (unpaired) electrons. The first-order valence-corrected chi connectivity index (χ1v) is 10.1. The maximum Gasteiger partial charge on any atom is 0.337 e. The van der Waals surface area contributed by atoms with Crippen molar-refractivity contribution in [3.05, 3.63) is 23.8 Å². The highest BCUT2D eigenvalue weighted by molar-refractivity contribution is 7.89. The van der Waals surface area contributed by atoms with Crippen molar-refractivity contribution in [2.75, 3.05) is 18.5 Å². The van der Waals surface area contributed by atoms with E-state index in [2.05, 4.69) is 10.0 Å². The van der Waals surface area contributed by atoms with E-state index in [0.29, 0.717) is 12.3 Å². The van der Waals surface area contributed by atoms with Crippen LogP contribution in [-0.2, 0) is 14.8 Å². The number of carboxylic acids is 1. The summed E-state index contributed by atoms with van der Waals surface area (Å²) in [6, 6.07) is 4.23. The zero-order chi connectivity index (χ0) is 18.4. The van der Waals surface area contributed by atoms with E-state index in [1.807, 2.05) is 13.8 Å². The smallest absolute Gasteiger partial charge is 0.337 e. The Hall–Kier alpha value is -1.64. The first-order chi connectivity index (χ1) is 11.8. The predicted molar refractivity (Wildman–Crippen MR) is 95.6 cm³/mol. The molecule has 0 bridgehead atoms. The fraction of sp³-hybridized carbons (Fsp3) is 0.588. The van der Waals surface area contributed by atoms with Crippen molar-refractivity contribution >= 4 is 21.7 Å². The van der Waals surface area contributed by atoms with Crippen LogP contribution in [-0.4, -0.2) is 44.8 Å². The lowest BCUT2D eigenvalue weighted by molar-refractivity contribution is 0.0697. The fourth-order valence-corrected chi connectivity index (χ4v) is 3.95. The number of anilines is 1. The Bertz CT molecular complexity index is 699. The van der Waals surface area contributed by atoms with Crippen LogP contribution < -0.4 is 10.0 Å². The number of carbonyl (C=O) groups is 1. The molecule has 3 N–H and O–H groups in total. The topological polar surface area (TPSA) is 105 Å². The van der Waals surface area contributed by atoms with Crippen molar-refractivity contribution in [2.45, 2.75) is 56.6 Å². The zero-order valence-electron chi connectivity index (χ0n) is 14.6. The molecule has 0 aromatic heterocycles. The Morgan fingerprint density at radius 2 is 2.20 bits per heavy atom. The van der Waals surface area contributed by atoms with Crippen LogP contribution >= 0.6 is 0 Å². The number of hydrogen-bond acceptors (Lipinski definition) is 5. The van der Waals surface area contributed by atoms with E-state index < -0.39 is 16.0 Å². The van der Waals surface area contributed by atoms with Crippen LogP contribution in [0.5, 0.6) is 0 Å². The number of benzene rings is 1. The number of aromatic carboxylic acids is 1. The molecular formula is C17H26N2O5S. The van der Waals surface area contributed by atoms with E-state index in [0.717, 1.165) is 25.7 Å². The Balaban J connectivity index is 2.17. The minimum Gasteiger partial charge on any atom is -0.478 e. The van der Waals surface area contributed by atoms with Crippen molar-refractivity contribution in [3.8, 4) is 0 Å². The summed E-state index contributed by atoms with van der Waals surface area (Å²) in [5, 5.41) is 12.6. The van der Waals surface area contributed by atoms with E-state index in [1.165, 1.54) is 18.2 Å². The Kier molecular flexibility index (Phi) is 6.80. The average molecular weight is 370 g/mol. The van der Waals surface area contributed by atoms with Gasteiger partial charge in [0.25, 0.3) is 0 Å². The van der Waals surface area contributed by atoms with E-state index in [4.69, 9.17) is 4.74 Å². The molecule has 0 spiro atoms. The summed E-state index contributed by atoms with van der Waals surface area (Å²) in [5.74, 6) is -1.16. The van der Waals surface area contributed by atoms with E-state index in [9.17, 15) is 18.3 Å². The quantitative estimate of drug-likeness (QED) is 0.617. The number of ether oxygens (including phenoxy) is 1. The second-order valence-corrected chi connectivity index (χ2v) is 8.10. The minimum absolute atomic E-state index is 0.0528. The lowest BCUT2D eigenvalue weighted by atomic mass is 10.1. The van der Waals surface area contributed by atoms with Gasteiger partial charge < -0.3 is 15.2 Å². The SMILES string of the molecule is CCC[C@H](C)Nc1ccc(S(=O)(=O)NC[C@H]2CCCO2)cc1C(=O)O. The van der Waals surface area contributed by atoms with Crippen LogP contribution in [0.25, 0.3) is 0 Å². The van der Waals surface area contributed by atoms with Gasteiger partial charge in [-0.05, 0) is 44.4 Å². The van der Waals surface area contributed by atoms with Crippen molar-refractivity contribution in [2.24, 2.45) is 0 Å². The molecule has 140 valence electrons. The summed E-state index contributed by atoms with van der Waals surface area (Å²) in [5.41, 5.74) is 0.370. The Labute approximate surface area is 148 Å². The standard InChI is InChI=1S/C17H26N2O5S/c1-3-5-12(2)19-16-8-7-14(10-15(16)17(20)21)25(22,23)18-11-13-6-4-9-24-13/h7-8,10,12-13,18-19H,3-6,9,11H2,1-2H3,(H,20,21)/t12-,13+/m0/s1. The number of rotatable bonds is 9. The molecule has 1 aromatic rings. The number of nitrogens with one attached hydrogen (secondary N) is 2. The van der Waals surface area contributed by atoms with E-state index in [1.54, 1.807) is 0 Å². The summed E-state index contributed by atoms with van der Waals surface area (Å²) >= 11 is 0. The monoisotopic (exact) mass is 370 g/mol. The van der Waals surface area contributed by atoms with Gasteiger partial charge in [-0.1, -0.05) is 13.3 Å². The second kappa shape index (κ2) is 8.64. The Morgan fingerprint density at radius 1 is 1.44 bits per heavy atom. The van der Waals surface area contributed by atoms with Crippen molar-refractivity contribution in [3.63, 3.8) is 0 Å². The van der Waals surface area contributed by atoms with E-state index >= 15 is 0 Å². The highest BCUT2D eigenvalue weighted by Crippen LogP contribution is 2.22. The molecule has 1 saturated heterocycles. The second-order valence-electron chi connectivity index (χ2n) is 6.33. The van der Waals surface area contributed by atoms with Crippen LogP contribution in [0.4, 0.5) is 5.69 Å². The molecular weight excluding hydrogens is 344 g/mol. The van der Waals surface area contributed by atoms with Gasteiger partial charge in [0.1, 0.15) is 0 Å². The van der Waals surface area contributed by atoms with Crippen LogP contribution in [0.15, 0.2) is 23.1 Å². The molecule has 0 aliphatic carbocycles. The van der Waals surface area contributed by atoms with Crippen LogP contribution in [0.2, 0.25) is 0 Å². The molecule has 1 aliphatic heterocycles. The van der Waals surface area contributed by atoms with Crippen LogP contribution in [0, 0.1) is 0 Å². The van der Waals surface area contributed by atoms with Crippen LogP contribution in [0.1, 0.15) is 49.9 Å². The third-order valence-corrected chi connectivity index (χ3v) is 5.60. The molecule has 0 amide bonds. The number of sulfonamides is 1. The third-order valence-electron chi connectivity index (χ3n) is 4.18. The molecule has 0 unspecified atom stereocenters. The maximum atomic E-state index is 12.4. The van der Waals surface area contributed by atoms with Crippen LogP contribution in [0.3, 0.4) is 0 Å². The molecule has 1 aliphatic rings. The number of carboxylic acid groups (broad SMARTS) is 1. The highest BCUT2D eigenvalue weighted by atomic mass is 32.2. The Morgan fingerprint density at radius 3 is 2.80 bits per heavy atom. The fourth-order valence-electron chi connectivity index (χ4n) is 2.86. The molecule has 25 heavy (non-hydrogen) atoms. The molecule has 2 atom stereocenters. The van der Waals surface area contributed by atoms with E-state index in [-0.39, 0.29) is 29.1 Å². The van der Waals surface area contributed by atoms with Gasteiger partial charge >= 0.3 is 5.97 Å². The zero-order valence-corrected chi connectivity index (χ0v) is 15.4. The minimum atomic E-state index is -3.78. The van der Waals surface area contributed by atoms with Gasteiger partial charge in [0.15, 0.2) is 0 Å². The lowest BCUT2D eigenvalue weighted by Crippen LogP contribution is -2.32. The van der Waals surface area contributed by atoms with Crippen molar-refractivity contribution in [1.82, 2.24) is 4.72 Å². The highest BCUT2D eigenvalue weighted by Gasteiger charge is 2.22. The first-order valence-electron chi connectivity index (χ1n) is 8.58. The molecule has 1 aromatic carbocycles. The van der Waals surface area contributed by atoms with Gasteiger partial charge in [-0.2, -0.15) is 0 Å². The summed E-state index contributed by atoms with van der Waals surface area (Å²) in [6.45, 7) is 4.85. The summed E-state index contributed by atoms with van der Waals surface area (Å²) in [6.07, 6.45) is 3.48. The van der Waals surface area contributed by atoms with Gasteiger partial charge in [-0.25, -0.2) is 17.9 Å². The maximum absolute atomic E-state index is 12.4. The third kappa shape index (κ3) is 5.42. The summed E-state index contributed by atoms with van der Waals surface area (Å²) < 4.78 is 32.7. The first kappa shape index (κ1) is 19.7. The average Bonchev–Trinajstić information content (AvgIpc) is 3.06. The molecule has 1 fully saturated rings. The number of hydrogen-bond donors (Lipinski definition) is 3. The summed E-state index contributed by atoms with van der Waals surface area (Å²) in [7, 11) is -3.78. The van der Waals surface area contributed by atoms with Gasteiger partial charge in [0, 0.05) is 24.9 Å². The summed E-state index contributed by atoms with van der Waals surface area (Å²) in [4.78, 5) is 11.5. The lowest BCUT2D eigenvalue weighted by Gasteiger charge is -2.17. The predicted octanol–water partition coefficient (Wildman–Crippen LogP) is 2.44. The molecule has 0 saturated carbocycles. The molecule has 8 heteroatoms. The molecule has 1 heterocycles. The van der Waals surface area contributed by atoms with Gasteiger partial charge in [-0.3, -0.25) is 0 Å². The molecule has 2 rings (SSSR count). The van der Waals surface area contributed by atoms with Crippen molar-refractivity contribution < 1.29 is 23.1 Å². The van der Waals surface area contributed by atoms with Gasteiger partial charge in [-0.15, -0.1) is 0 Å². The van der Waals surface area contributed by atoms with Gasteiger partial charge in [0.2, 0.25) is 10.0 Å². The van der Waals surface area contributed by atoms with Gasteiger partial charge in [0.05, 0.1) is 16.6 Å². The normalized spacial score (nSPS) is 18.9. The van der Waals surface area contributed by atoms with Crippen molar-refractivity contribution in [1.29, 1.82) is 0 Å². The molecule has 7 nitrogen and oxygen atoms in total. The largest absolute Gasteiger partial charge is 0.478 e.